The SMILES string of the molecule is O=C(/C=C/c1ccccc1)N(C(=O)/C=C/c1ccccc1)C(=O)c1ccccc1. The third-order valence-corrected chi connectivity index (χ3v) is 4.10. The molecule has 3 aromatic rings. The van der Waals surface area contributed by atoms with Crippen LogP contribution >= 0.6 is 0 Å². The van der Waals surface area contributed by atoms with E-state index in [2.05, 4.69) is 0 Å². The summed E-state index contributed by atoms with van der Waals surface area (Å²) in [4.78, 5) is 39.0. The Kier molecular flexibility index (Phi) is 6.63. The Morgan fingerprint density at radius 3 is 1.34 bits per heavy atom. The van der Waals surface area contributed by atoms with Crippen molar-refractivity contribution in [3.05, 3.63) is 120 Å². The van der Waals surface area contributed by atoms with E-state index in [1.54, 1.807) is 42.5 Å². The van der Waals surface area contributed by atoms with Crippen molar-refractivity contribution in [1.82, 2.24) is 4.90 Å². The van der Waals surface area contributed by atoms with Crippen molar-refractivity contribution in [1.29, 1.82) is 0 Å². The van der Waals surface area contributed by atoms with E-state index in [4.69, 9.17) is 0 Å². The Labute approximate surface area is 169 Å². The fourth-order valence-electron chi connectivity index (χ4n) is 2.63. The van der Waals surface area contributed by atoms with Crippen molar-refractivity contribution in [3.63, 3.8) is 0 Å². The summed E-state index contributed by atoms with van der Waals surface area (Å²) in [5.41, 5.74) is 1.84. The second-order valence-electron chi connectivity index (χ2n) is 6.17. The average Bonchev–Trinajstić information content (AvgIpc) is 2.78. The van der Waals surface area contributed by atoms with Crippen LogP contribution in [0.3, 0.4) is 0 Å². The molecule has 4 nitrogen and oxygen atoms in total. The van der Waals surface area contributed by atoms with Gasteiger partial charge < -0.3 is 0 Å². The van der Waals surface area contributed by atoms with Gasteiger partial charge in [-0.1, -0.05) is 78.9 Å². The number of hydrogen-bond donors (Lipinski definition) is 0. The highest BCUT2D eigenvalue weighted by Gasteiger charge is 2.26. The van der Waals surface area contributed by atoms with E-state index in [0.717, 1.165) is 11.1 Å². The van der Waals surface area contributed by atoms with E-state index >= 15 is 0 Å². The van der Waals surface area contributed by atoms with Crippen LogP contribution in [-0.4, -0.2) is 22.6 Å². The number of hydrogen-bond acceptors (Lipinski definition) is 3. The Morgan fingerprint density at radius 2 is 0.931 bits per heavy atom. The van der Waals surface area contributed by atoms with Gasteiger partial charge in [-0.05, 0) is 35.4 Å². The molecule has 0 aromatic heterocycles. The highest BCUT2D eigenvalue weighted by atomic mass is 16.2. The van der Waals surface area contributed by atoms with Gasteiger partial charge in [-0.25, -0.2) is 4.90 Å². The van der Waals surface area contributed by atoms with Crippen molar-refractivity contribution in [3.8, 4) is 0 Å². The van der Waals surface area contributed by atoms with E-state index in [9.17, 15) is 14.4 Å². The molecule has 0 aliphatic heterocycles. The fraction of sp³-hybridized carbons (Fsp3) is 0. The van der Waals surface area contributed by atoms with Crippen LogP contribution < -0.4 is 0 Å². The molecule has 29 heavy (non-hydrogen) atoms. The maximum absolute atomic E-state index is 12.9. The van der Waals surface area contributed by atoms with Gasteiger partial charge in [0.2, 0.25) is 0 Å². The first-order valence-corrected chi connectivity index (χ1v) is 9.09. The molecule has 0 bridgehead atoms. The minimum atomic E-state index is -0.703. The summed E-state index contributed by atoms with van der Waals surface area (Å²) in [6, 6.07) is 26.6. The highest BCUT2D eigenvalue weighted by molar-refractivity contribution is 6.22. The average molecular weight is 381 g/mol. The fourth-order valence-corrected chi connectivity index (χ4v) is 2.63. The number of nitrogens with zero attached hydrogens (tertiary/aromatic N) is 1. The molecule has 0 saturated carbocycles. The summed E-state index contributed by atoms with van der Waals surface area (Å²) < 4.78 is 0. The van der Waals surface area contributed by atoms with Crippen LogP contribution in [0.1, 0.15) is 21.5 Å². The van der Waals surface area contributed by atoms with Gasteiger partial charge in [0.15, 0.2) is 0 Å². The molecule has 0 radical (unpaired) electrons. The first-order valence-electron chi connectivity index (χ1n) is 9.09. The van der Waals surface area contributed by atoms with E-state index in [1.807, 2.05) is 60.7 Å². The Morgan fingerprint density at radius 1 is 0.552 bits per heavy atom. The third kappa shape index (κ3) is 5.47. The molecule has 0 saturated heterocycles. The minimum Gasteiger partial charge on any atom is -0.269 e. The number of rotatable bonds is 5. The van der Waals surface area contributed by atoms with Crippen LogP contribution in [0.25, 0.3) is 12.2 Å². The summed E-state index contributed by atoms with van der Waals surface area (Å²) in [7, 11) is 0. The van der Waals surface area contributed by atoms with Crippen molar-refractivity contribution >= 4 is 29.9 Å². The molecule has 4 heteroatoms. The molecular weight excluding hydrogens is 362 g/mol. The lowest BCUT2D eigenvalue weighted by Gasteiger charge is -2.16. The normalized spacial score (nSPS) is 10.9. The molecule has 0 spiro atoms. The number of carbonyl (C=O) groups excluding carboxylic acids is 3. The van der Waals surface area contributed by atoms with Crippen LogP contribution in [0.5, 0.6) is 0 Å². The van der Waals surface area contributed by atoms with Crippen LogP contribution in [0, 0.1) is 0 Å². The van der Waals surface area contributed by atoms with Crippen LogP contribution in [0.4, 0.5) is 0 Å². The predicted octanol–water partition coefficient (Wildman–Crippen LogP) is 4.61. The second-order valence-corrected chi connectivity index (χ2v) is 6.17. The topological polar surface area (TPSA) is 54.5 Å². The molecule has 142 valence electrons. The molecule has 0 unspecified atom stereocenters. The maximum atomic E-state index is 12.9. The van der Waals surface area contributed by atoms with E-state index in [0.29, 0.717) is 4.90 Å². The van der Waals surface area contributed by atoms with Gasteiger partial charge in [0.25, 0.3) is 17.7 Å². The molecule has 0 atom stereocenters. The van der Waals surface area contributed by atoms with Gasteiger partial charge in [0, 0.05) is 17.7 Å². The predicted molar refractivity (Wildman–Crippen MR) is 114 cm³/mol. The number of amides is 3. The largest absolute Gasteiger partial charge is 0.269 e. The van der Waals surface area contributed by atoms with Gasteiger partial charge in [-0.15, -0.1) is 0 Å². The smallest absolute Gasteiger partial charge is 0.267 e. The van der Waals surface area contributed by atoms with Crippen LogP contribution in [-0.2, 0) is 9.59 Å². The zero-order valence-corrected chi connectivity index (χ0v) is 15.6. The third-order valence-electron chi connectivity index (χ3n) is 4.10. The van der Waals surface area contributed by atoms with E-state index in [1.165, 1.54) is 12.2 Å². The van der Waals surface area contributed by atoms with Crippen molar-refractivity contribution in [2.75, 3.05) is 0 Å². The van der Waals surface area contributed by atoms with E-state index < -0.39 is 17.7 Å². The highest BCUT2D eigenvalue weighted by Crippen LogP contribution is 2.10. The molecular formula is C25H19NO3. The molecule has 0 aliphatic rings. The molecule has 0 fully saturated rings. The quantitative estimate of drug-likeness (QED) is 0.607. The first kappa shape index (κ1) is 19.7. The number of imide groups is 3. The summed E-state index contributed by atoms with van der Waals surface area (Å²) in [5, 5.41) is 0. The van der Waals surface area contributed by atoms with Crippen molar-refractivity contribution < 1.29 is 14.4 Å². The van der Waals surface area contributed by atoms with Gasteiger partial charge in [0.05, 0.1) is 0 Å². The second kappa shape index (κ2) is 9.76. The standard InChI is InChI=1S/C25H19NO3/c27-23(18-16-20-10-4-1-5-11-20)26(25(29)22-14-8-3-9-15-22)24(28)19-17-21-12-6-2-7-13-21/h1-19H/b18-16+,19-17+. The Balaban J connectivity index is 1.87. The molecule has 3 rings (SSSR count). The van der Waals surface area contributed by atoms with Gasteiger partial charge >= 0.3 is 0 Å². The zero-order valence-electron chi connectivity index (χ0n) is 15.6. The van der Waals surface area contributed by atoms with Crippen molar-refractivity contribution in [2.45, 2.75) is 0 Å². The zero-order chi connectivity index (χ0) is 20.5. The summed E-state index contributed by atoms with van der Waals surface area (Å²) >= 11 is 0. The van der Waals surface area contributed by atoms with E-state index in [-0.39, 0.29) is 5.56 Å². The molecule has 3 aromatic carbocycles. The maximum Gasteiger partial charge on any atom is 0.267 e. The van der Waals surface area contributed by atoms with Crippen LogP contribution in [0.2, 0.25) is 0 Å². The molecule has 0 N–H and O–H groups in total. The van der Waals surface area contributed by atoms with Crippen LogP contribution in [0.15, 0.2) is 103 Å². The van der Waals surface area contributed by atoms with Crippen molar-refractivity contribution in [2.24, 2.45) is 0 Å². The first-order chi connectivity index (χ1) is 14.1. The summed E-state index contributed by atoms with van der Waals surface area (Å²) in [6.07, 6.45) is 5.60. The lowest BCUT2D eigenvalue weighted by Crippen LogP contribution is -2.40. The molecule has 0 aliphatic carbocycles. The van der Waals surface area contributed by atoms with Gasteiger partial charge in [0.1, 0.15) is 0 Å². The molecule has 3 amide bonds. The summed E-state index contributed by atoms with van der Waals surface area (Å²) in [5.74, 6) is -2.08. The lowest BCUT2D eigenvalue weighted by molar-refractivity contribution is -0.135. The number of carbonyl (C=O) groups is 3. The monoisotopic (exact) mass is 381 g/mol. The Bertz CT molecular complexity index is 978. The Hall–Kier alpha value is -4.05. The van der Waals surface area contributed by atoms with Gasteiger partial charge in [-0.2, -0.15) is 0 Å². The molecule has 0 heterocycles. The number of benzene rings is 3. The van der Waals surface area contributed by atoms with Gasteiger partial charge in [-0.3, -0.25) is 14.4 Å². The minimum absolute atomic E-state index is 0.260. The lowest BCUT2D eigenvalue weighted by atomic mass is 10.1. The summed E-state index contributed by atoms with van der Waals surface area (Å²) in [6.45, 7) is 0.